The standard InChI is InChI=1S/C54H35N3/c1-3-17-36(18-4-1)37-19-15-22-39(35-37)56-46-29-12-8-24-42(46)52-41(27-16-32-49(52)56)40-23-7-11-28-45(40)57-48-31-14-10-26-44(48)54-51(57)34-33-50-53(54)43-25-9-13-30-47(43)55(50)38-20-5-2-6-21-38/h1-35H. The minimum absolute atomic E-state index is 1.15. The van der Waals surface area contributed by atoms with Gasteiger partial charge in [-0.1, -0.05) is 146 Å². The molecule has 0 saturated carbocycles. The normalized spacial score (nSPS) is 11.9. The largest absolute Gasteiger partial charge is 0.309 e. The zero-order chi connectivity index (χ0) is 37.5. The summed E-state index contributed by atoms with van der Waals surface area (Å²) < 4.78 is 7.34. The second-order valence-corrected chi connectivity index (χ2v) is 14.9. The lowest BCUT2D eigenvalue weighted by Gasteiger charge is -2.15. The fourth-order valence-electron chi connectivity index (χ4n) is 9.51. The summed E-state index contributed by atoms with van der Waals surface area (Å²) in [7, 11) is 0. The molecule has 0 atom stereocenters. The van der Waals surface area contributed by atoms with Crippen molar-refractivity contribution in [3.05, 3.63) is 212 Å². The van der Waals surface area contributed by atoms with Crippen molar-refractivity contribution in [1.82, 2.24) is 13.7 Å². The Kier molecular flexibility index (Phi) is 6.93. The van der Waals surface area contributed by atoms with Gasteiger partial charge < -0.3 is 13.7 Å². The van der Waals surface area contributed by atoms with E-state index in [9.17, 15) is 0 Å². The van der Waals surface area contributed by atoms with E-state index in [4.69, 9.17) is 0 Å². The van der Waals surface area contributed by atoms with Gasteiger partial charge in [0.1, 0.15) is 0 Å². The molecular formula is C54H35N3. The van der Waals surface area contributed by atoms with Gasteiger partial charge in [0.15, 0.2) is 0 Å². The maximum Gasteiger partial charge on any atom is 0.0549 e. The summed E-state index contributed by atoms with van der Waals surface area (Å²) in [6.07, 6.45) is 0. The van der Waals surface area contributed by atoms with Gasteiger partial charge in [0.2, 0.25) is 0 Å². The van der Waals surface area contributed by atoms with E-state index in [1.807, 2.05) is 0 Å². The predicted molar refractivity (Wildman–Crippen MR) is 240 cm³/mol. The maximum absolute atomic E-state index is 2.50. The van der Waals surface area contributed by atoms with Crippen molar-refractivity contribution in [3.63, 3.8) is 0 Å². The number of aromatic nitrogens is 3. The van der Waals surface area contributed by atoms with Gasteiger partial charge >= 0.3 is 0 Å². The molecule has 12 rings (SSSR count). The van der Waals surface area contributed by atoms with Crippen LogP contribution in [0.15, 0.2) is 212 Å². The van der Waals surface area contributed by atoms with Crippen molar-refractivity contribution in [2.45, 2.75) is 0 Å². The van der Waals surface area contributed by atoms with Gasteiger partial charge in [0, 0.05) is 49.3 Å². The molecule has 3 heteroatoms. The Morgan fingerprint density at radius 1 is 0.246 bits per heavy atom. The van der Waals surface area contributed by atoms with Gasteiger partial charge in [-0.05, 0) is 83.4 Å². The SMILES string of the molecule is c1ccc(-c2cccc(-n3c4ccccc4c4c(-c5ccccc5-n5c6ccccc6c6c7c8ccccc8n(-c8ccccc8)c7ccc65)cccc43)c2)cc1. The van der Waals surface area contributed by atoms with Crippen molar-refractivity contribution in [1.29, 1.82) is 0 Å². The van der Waals surface area contributed by atoms with Gasteiger partial charge in [-0.2, -0.15) is 0 Å². The van der Waals surface area contributed by atoms with Crippen LogP contribution in [0, 0.1) is 0 Å². The molecule has 0 unspecified atom stereocenters. The predicted octanol–water partition coefficient (Wildman–Crippen LogP) is 14.3. The summed E-state index contributed by atoms with van der Waals surface area (Å²) in [6, 6.07) is 77.3. The Morgan fingerprint density at radius 2 is 0.684 bits per heavy atom. The van der Waals surface area contributed by atoms with Gasteiger partial charge in [-0.3, -0.25) is 0 Å². The third-order valence-electron chi connectivity index (χ3n) is 11.8. The topological polar surface area (TPSA) is 14.8 Å². The van der Waals surface area contributed by atoms with E-state index in [1.165, 1.54) is 87.7 Å². The second-order valence-electron chi connectivity index (χ2n) is 14.9. The third-order valence-corrected chi connectivity index (χ3v) is 11.8. The van der Waals surface area contributed by atoms with Crippen LogP contribution >= 0.6 is 0 Å². The summed E-state index contributed by atoms with van der Waals surface area (Å²) in [6.45, 7) is 0. The number of hydrogen-bond acceptors (Lipinski definition) is 0. The van der Waals surface area contributed by atoms with Gasteiger partial charge in [-0.15, -0.1) is 0 Å². The molecule has 9 aromatic carbocycles. The van der Waals surface area contributed by atoms with Crippen molar-refractivity contribution in [3.8, 4) is 39.3 Å². The minimum Gasteiger partial charge on any atom is -0.309 e. The Bertz CT molecular complexity index is 3510. The Hall–Kier alpha value is -7.62. The van der Waals surface area contributed by atoms with Crippen LogP contribution in [0.25, 0.3) is 105 Å². The minimum atomic E-state index is 1.15. The van der Waals surface area contributed by atoms with Crippen molar-refractivity contribution >= 4 is 65.4 Å². The molecule has 3 nitrogen and oxygen atoms in total. The van der Waals surface area contributed by atoms with Crippen molar-refractivity contribution < 1.29 is 0 Å². The third kappa shape index (κ3) is 4.66. The zero-order valence-electron chi connectivity index (χ0n) is 31.0. The lowest BCUT2D eigenvalue weighted by Crippen LogP contribution is -1.98. The zero-order valence-corrected chi connectivity index (χ0v) is 31.0. The number of hydrogen-bond donors (Lipinski definition) is 0. The molecule has 0 spiro atoms. The van der Waals surface area contributed by atoms with E-state index < -0.39 is 0 Å². The molecule has 57 heavy (non-hydrogen) atoms. The lowest BCUT2D eigenvalue weighted by atomic mass is 9.97. The highest BCUT2D eigenvalue weighted by Gasteiger charge is 2.23. The highest BCUT2D eigenvalue weighted by molar-refractivity contribution is 6.29. The van der Waals surface area contributed by atoms with E-state index in [0.29, 0.717) is 0 Å². The molecular weight excluding hydrogens is 691 g/mol. The van der Waals surface area contributed by atoms with Crippen LogP contribution in [-0.4, -0.2) is 13.7 Å². The smallest absolute Gasteiger partial charge is 0.0549 e. The number of benzene rings is 9. The van der Waals surface area contributed by atoms with Crippen LogP contribution in [-0.2, 0) is 0 Å². The molecule has 0 saturated heterocycles. The number of para-hydroxylation sites is 5. The summed E-state index contributed by atoms with van der Waals surface area (Å²) >= 11 is 0. The molecule has 0 aliphatic carbocycles. The molecule has 0 radical (unpaired) electrons. The van der Waals surface area contributed by atoms with Crippen LogP contribution in [0.4, 0.5) is 0 Å². The number of rotatable bonds is 5. The molecule has 0 bridgehead atoms. The Morgan fingerprint density at radius 3 is 1.39 bits per heavy atom. The van der Waals surface area contributed by atoms with Crippen LogP contribution < -0.4 is 0 Å². The van der Waals surface area contributed by atoms with E-state index in [0.717, 1.165) is 17.1 Å². The monoisotopic (exact) mass is 725 g/mol. The number of fused-ring (bicyclic) bond motifs is 10. The van der Waals surface area contributed by atoms with Gasteiger partial charge in [-0.25, -0.2) is 0 Å². The molecule has 0 aliphatic heterocycles. The van der Waals surface area contributed by atoms with Crippen LogP contribution in [0.1, 0.15) is 0 Å². The molecule has 266 valence electrons. The van der Waals surface area contributed by atoms with Crippen molar-refractivity contribution in [2.24, 2.45) is 0 Å². The second kappa shape index (κ2) is 12.5. The lowest BCUT2D eigenvalue weighted by molar-refractivity contribution is 1.17. The van der Waals surface area contributed by atoms with E-state index in [-0.39, 0.29) is 0 Å². The molecule has 12 aromatic rings. The van der Waals surface area contributed by atoms with E-state index in [2.05, 4.69) is 226 Å². The van der Waals surface area contributed by atoms with Crippen LogP contribution in [0.3, 0.4) is 0 Å². The average Bonchev–Trinajstić information content (AvgIpc) is 3.93. The highest BCUT2D eigenvalue weighted by atomic mass is 15.0. The van der Waals surface area contributed by atoms with Gasteiger partial charge in [0.25, 0.3) is 0 Å². The number of nitrogens with zero attached hydrogens (tertiary/aromatic N) is 3. The first-order valence-electron chi connectivity index (χ1n) is 19.6. The van der Waals surface area contributed by atoms with Gasteiger partial charge in [0.05, 0.1) is 38.8 Å². The summed E-state index contributed by atoms with van der Waals surface area (Å²) in [5, 5.41) is 7.55. The first-order chi connectivity index (χ1) is 28.3. The first-order valence-corrected chi connectivity index (χ1v) is 19.6. The Balaban J connectivity index is 1.14. The molecule has 0 fully saturated rings. The van der Waals surface area contributed by atoms with Crippen LogP contribution in [0.2, 0.25) is 0 Å². The van der Waals surface area contributed by atoms with E-state index in [1.54, 1.807) is 0 Å². The fourth-order valence-corrected chi connectivity index (χ4v) is 9.51. The van der Waals surface area contributed by atoms with Crippen LogP contribution in [0.5, 0.6) is 0 Å². The first kappa shape index (κ1) is 31.7. The molecule has 3 heterocycles. The average molecular weight is 726 g/mol. The molecule has 3 aromatic heterocycles. The van der Waals surface area contributed by atoms with E-state index >= 15 is 0 Å². The summed E-state index contributed by atoms with van der Waals surface area (Å²) in [5.74, 6) is 0. The summed E-state index contributed by atoms with van der Waals surface area (Å²) in [4.78, 5) is 0. The van der Waals surface area contributed by atoms with Crippen molar-refractivity contribution in [2.75, 3.05) is 0 Å². The fraction of sp³-hybridized carbons (Fsp3) is 0. The highest BCUT2D eigenvalue weighted by Crippen LogP contribution is 2.45. The Labute approximate surface area is 329 Å². The molecule has 0 aliphatic rings. The molecule has 0 N–H and O–H groups in total. The quantitative estimate of drug-likeness (QED) is 0.168. The maximum atomic E-state index is 2.50. The summed E-state index contributed by atoms with van der Waals surface area (Å²) in [5.41, 5.74) is 15.5. The molecule has 0 amide bonds.